The largest absolute Gasteiger partial charge is 0.321 e. The lowest BCUT2D eigenvalue weighted by atomic mass is 10.1. The molecule has 5 heteroatoms. The van der Waals surface area contributed by atoms with Gasteiger partial charge in [-0.3, -0.25) is 9.48 Å². The van der Waals surface area contributed by atoms with Gasteiger partial charge in [-0.05, 0) is 50.5 Å². The van der Waals surface area contributed by atoms with Gasteiger partial charge in [-0.2, -0.15) is 5.10 Å². The molecule has 0 radical (unpaired) electrons. The van der Waals surface area contributed by atoms with Crippen LogP contribution in [0.25, 0.3) is 10.2 Å². The third kappa shape index (κ3) is 3.45. The van der Waals surface area contributed by atoms with Crippen molar-refractivity contribution in [3.63, 3.8) is 0 Å². The molecule has 2 heterocycles. The van der Waals surface area contributed by atoms with Crippen LogP contribution in [0.1, 0.15) is 37.6 Å². The molecule has 0 unspecified atom stereocenters. The Hall–Kier alpha value is -2.92. The molecule has 0 aliphatic heterocycles. The molecule has 1 N–H and O–H groups in total. The fourth-order valence-corrected chi connectivity index (χ4v) is 4.70. The number of rotatable bonds is 4. The minimum atomic E-state index is -0.0677. The molecule has 2 aromatic heterocycles. The average Bonchev–Trinajstić information content (AvgIpc) is 3.21. The van der Waals surface area contributed by atoms with E-state index in [1.165, 1.54) is 22.5 Å². The molecule has 0 saturated heterocycles. The fourth-order valence-electron chi connectivity index (χ4n) is 3.64. The zero-order valence-corrected chi connectivity index (χ0v) is 17.4. The number of aryl methyl sites for hydroxylation is 4. The van der Waals surface area contributed by atoms with Gasteiger partial charge in [0.05, 0.1) is 17.1 Å². The van der Waals surface area contributed by atoms with Crippen LogP contribution >= 0.6 is 11.3 Å². The van der Waals surface area contributed by atoms with Gasteiger partial charge in [0.25, 0.3) is 5.91 Å². The molecule has 0 bridgehead atoms. The molecule has 0 spiro atoms. The molecule has 0 aliphatic rings. The number of thiophene rings is 1. The molecule has 4 nitrogen and oxygen atoms in total. The Morgan fingerprint density at radius 3 is 2.39 bits per heavy atom. The minimum Gasteiger partial charge on any atom is -0.321 e. The number of hydrogen-bond donors (Lipinski definition) is 1. The Morgan fingerprint density at radius 1 is 1.04 bits per heavy atom. The summed E-state index contributed by atoms with van der Waals surface area (Å²) in [6, 6.07) is 16.4. The second-order valence-electron chi connectivity index (χ2n) is 7.29. The molecular formula is C23H23N3OS. The van der Waals surface area contributed by atoms with Crippen molar-refractivity contribution in [2.45, 2.75) is 34.2 Å². The maximum atomic E-state index is 12.9. The van der Waals surface area contributed by atoms with E-state index >= 15 is 0 Å². The lowest BCUT2D eigenvalue weighted by molar-refractivity contribution is 0.103. The number of aromatic nitrogens is 2. The molecule has 2 aromatic carbocycles. The van der Waals surface area contributed by atoms with Crippen molar-refractivity contribution in [1.82, 2.24) is 9.78 Å². The number of carbonyl (C=O) groups excluding carboxylic acids is 1. The van der Waals surface area contributed by atoms with Gasteiger partial charge in [-0.15, -0.1) is 11.3 Å². The van der Waals surface area contributed by atoms with Crippen molar-refractivity contribution < 1.29 is 4.79 Å². The predicted octanol–water partition coefficient (Wildman–Crippen LogP) is 5.63. The van der Waals surface area contributed by atoms with E-state index in [-0.39, 0.29) is 5.91 Å². The summed E-state index contributed by atoms with van der Waals surface area (Å²) in [4.78, 5) is 14.7. The summed E-state index contributed by atoms with van der Waals surface area (Å²) in [5, 5.41) is 8.81. The van der Waals surface area contributed by atoms with Crippen LogP contribution in [0.15, 0.2) is 48.5 Å². The molecule has 0 atom stereocenters. The first-order chi connectivity index (χ1) is 13.4. The predicted molar refractivity (Wildman–Crippen MR) is 116 cm³/mol. The summed E-state index contributed by atoms with van der Waals surface area (Å²) in [5.41, 5.74) is 6.40. The van der Waals surface area contributed by atoms with Crippen LogP contribution in [-0.4, -0.2) is 15.7 Å². The molecule has 0 aliphatic carbocycles. The highest BCUT2D eigenvalue weighted by molar-refractivity contribution is 7.20. The monoisotopic (exact) mass is 389 g/mol. The highest BCUT2D eigenvalue weighted by atomic mass is 32.1. The molecule has 1 amide bonds. The fraction of sp³-hybridized carbons (Fsp3) is 0.217. The standard InChI is InChI=1S/C23H23N3OS/c1-14-10-15(2)21(16(3)11-14)24-22(27)20-12-19-17(4)25-26(23(19)28-20)13-18-8-6-5-7-9-18/h5-12H,13H2,1-4H3,(H,24,27). The van der Waals surface area contributed by atoms with Gasteiger partial charge in [-0.1, -0.05) is 48.0 Å². The Kier molecular flexibility index (Phi) is 4.77. The maximum Gasteiger partial charge on any atom is 0.265 e. The first-order valence-corrected chi connectivity index (χ1v) is 10.1. The van der Waals surface area contributed by atoms with Crippen LogP contribution in [-0.2, 0) is 6.54 Å². The maximum absolute atomic E-state index is 12.9. The number of anilines is 1. The summed E-state index contributed by atoms with van der Waals surface area (Å²) in [7, 11) is 0. The van der Waals surface area contributed by atoms with Crippen LogP contribution in [0.2, 0.25) is 0 Å². The Morgan fingerprint density at radius 2 is 1.71 bits per heavy atom. The number of benzene rings is 2. The number of carbonyl (C=O) groups is 1. The van der Waals surface area contributed by atoms with E-state index in [9.17, 15) is 4.79 Å². The first-order valence-electron chi connectivity index (χ1n) is 9.32. The van der Waals surface area contributed by atoms with E-state index in [1.807, 2.05) is 49.7 Å². The minimum absolute atomic E-state index is 0.0677. The summed E-state index contributed by atoms with van der Waals surface area (Å²) >= 11 is 1.49. The summed E-state index contributed by atoms with van der Waals surface area (Å²) in [6.45, 7) is 8.82. The number of nitrogens with one attached hydrogen (secondary N) is 1. The van der Waals surface area contributed by atoms with E-state index in [2.05, 4.69) is 41.6 Å². The zero-order valence-electron chi connectivity index (χ0n) is 16.5. The third-order valence-electron chi connectivity index (χ3n) is 4.92. The Labute approximate surface area is 168 Å². The van der Waals surface area contributed by atoms with E-state index in [4.69, 9.17) is 0 Å². The van der Waals surface area contributed by atoms with Crippen molar-refractivity contribution >= 4 is 33.1 Å². The summed E-state index contributed by atoms with van der Waals surface area (Å²) < 4.78 is 1.99. The van der Waals surface area contributed by atoms with Gasteiger partial charge in [-0.25, -0.2) is 0 Å². The number of amides is 1. The lowest BCUT2D eigenvalue weighted by Gasteiger charge is -2.12. The molecule has 0 saturated carbocycles. The van der Waals surface area contributed by atoms with Crippen LogP contribution in [0.5, 0.6) is 0 Å². The van der Waals surface area contributed by atoms with E-state index in [0.717, 1.165) is 32.7 Å². The van der Waals surface area contributed by atoms with Crippen molar-refractivity contribution in [3.8, 4) is 0 Å². The molecule has 4 rings (SSSR count). The summed E-state index contributed by atoms with van der Waals surface area (Å²) in [5.74, 6) is -0.0677. The van der Waals surface area contributed by atoms with E-state index < -0.39 is 0 Å². The van der Waals surface area contributed by atoms with Gasteiger partial charge in [0.15, 0.2) is 0 Å². The van der Waals surface area contributed by atoms with Crippen molar-refractivity contribution in [3.05, 3.63) is 81.4 Å². The smallest absolute Gasteiger partial charge is 0.265 e. The van der Waals surface area contributed by atoms with Crippen molar-refractivity contribution in [2.75, 3.05) is 5.32 Å². The Bertz CT molecular complexity index is 1150. The van der Waals surface area contributed by atoms with Crippen molar-refractivity contribution in [2.24, 2.45) is 0 Å². The molecular weight excluding hydrogens is 366 g/mol. The third-order valence-corrected chi connectivity index (χ3v) is 6.07. The van der Waals surface area contributed by atoms with Crippen LogP contribution in [0, 0.1) is 27.7 Å². The van der Waals surface area contributed by atoms with Gasteiger partial charge >= 0.3 is 0 Å². The Balaban J connectivity index is 1.65. The highest BCUT2D eigenvalue weighted by Gasteiger charge is 2.18. The second kappa shape index (κ2) is 7.24. The summed E-state index contributed by atoms with van der Waals surface area (Å²) in [6.07, 6.45) is 0. The number of nitrogens with zero attached hydrogens (tertiary/aromatic N) is 2. The second-order valence-corrected chi connectivity index (χ2v) is 8.32. The van der Waals surface area contributed by atoms with Gasteiger partial charge in [0.2, 0.25) is 0 Å². The molecule has 142 valence electrons. The lowest BCUT2D eigenvalue weighted by Crippen LogP contribution is -2.12. The highest BCUT2D eigenvalue weighted by Crippen LogP contribution is 2.30. The molecule has 28 heavy (non-hydrogen) atoms. The quantitative estimate of drug-likeness (QED) is 0.491. The molecule has 4 aromatic rings. The van der Waals surface area contributed by atoms with Crippen molar-refractivity contribution in [1.29, 1.82) is 0 Å². The first kappa shape index (κ1) is 18.4. The van der Waals surface area contributed by atoms with E-state index in [0.29, 0.717) is 11.4 Å². The molecule has 0 fully saturated rings. The number of hydrogen-bond acceptors (Lipinski definition) is 3. The van der Waals surface area contributed by atoms with Gasteiger partial charge in [0.1, 0.15) is 4.83 Å². The van der Waals surface area contributed by atoms with Crippen LogP contribution in [0.4, 0.5) is 5.69 Å². The van der Waals surface area contributed by atoms with Crippen LogP contribution in [0.3, 0.4) is 0 Å². The average molecular weight is 390 g/mol. The topological polar surface area (TPSA) is 46.9 Å². The van der Waals surface area contributed by atoms with E-state index in [1.54, 1.807) is 0 Å². The van der Waals surface area contributed by atoms with Gasteiger partial charge < -0.3 is 5.32 Å². The zero-order chi connectivity index (χ0) is 19.8. The van der Waals surface area contributed by atoms with Crippen LogP contribution < -0.4 is 5.32 Å². The SMILES string of the molecule is Cc1cc(C)c(NC(=O)c2cc3c(C)nn(Cc4ccccc4)c3s2)c(C)c1. The normalized spacial score (nSPS) is 11.1. The number of fused-ring (bicyclic) bond motifs is 1. The van der Waals surface area contributed by atoms with Gasteiger partial charge in [0, 0.05) is 11.1 Å².